The van der Waals surface area contributed by atoms with Gasteiger partial charge in [0.25, 0.3) is 0 Å². The number of aryl methyl sites for hydroxylation is 1. The molecule has 3 atom stereocenters. The lowest BCUT2D eigenvalue weighted by Gasteiger charge is -2.44. The molecular weight excluding hydrogens is 374 g/mol. The summed E-state index contributed by atoms with van der Waals surface area (Å²) in [5.41, 5.74) is 3.04. The van der Waals surface area contributed by atoms with Crippen LogP contribution in [0.3, 0.4) is 0 Å². The number of fused-ring (bicyclic) bond motifs is 5. The van der Waals surface area contributed by atoms with Crippen molar-refractivity contribution in [1.82, 2.24) is 4.90 Å². The van der Waals surface area contributed by atoms with Crippen molar-refractivity contribution < 1.29 is 14.7 Å². The maximum atomic E-state index is 13.6. The Hall–Kier alpha value is -2.36. The molecule has 0 heterocycles. The van der Waals surface area contributed by atoms with Crippen molar-refractivity contribution >= 4 is 22.6 Å². The molecule has 2 aliphatic carbocycles. The van der Waals surface area contributed by atoms with E-state index in [1.807, 2.05) is 6.07 Å². The molecule has 4 nitrogen and oxygen atoms in total. The van der Waals surface area contributed by atoms with Gasteiger partial charge in [0.1, 0.15) is 0 Å². The molecule has 0 spiro atoms. The van der Waals surface area contributed by atoms with Gasteiger partial charge in [-0.2, -0.15) is 0 Å². The van der Waals surface area contributed by atoms with Crippen LogP contribution in [0.5, 0.6) is 0 Å². The van der Waals surface area contributed by atoms with Gasteiger partial charge in [-0.3, -0.25) is 4.79 Å². The predicted octanol–water partition coefficient (Wildman–Crippen LogP) is 5.63. The smallest absolute Gasteiger partial charge is 0.335 e. The standard InChI is InChI=1S/C26H33NO3/c1-15(2)27(16(3)4)24(28)23-11-10-22-21-9-6-17-14-18(25(29)30)7-8-19(17)20(21)12-13-26(22,23)5/h6-9,14-16,22-23H,10-13H2,1-5H3,(H,29,30)/t22-,23+,26-/m0/s1. The summed E-state index contributed by atoms with van der Waals surface area (Å²) < 4.78 is 0. The third-order valence-electron chi connectivity index (χ3n) is 7.71. The Morgan fingerprint density at radius 3 is 2.40 bits per heavy atom. The first-order chi connectivity index (χ1) is 14.1. The average molecular weight is 408 g/mol. The largest absolute Gasteiger partial charge is 0.478 e. The Labute approximate surface area is 179 Å². The molecule has 1 fully saturated rings. The highest BCUT2D eigenvalue weighted by Crippen LogP contribution is 2.59. The van der Waals surface area contributed by atoms with Crippen LogP contribution in [0.15, 0.2) is 30.3 Å². The van der Waals surface area contributed by atoms with Crippen LogP contribution in [0.4, 0.5) is 0 Å². The Bertz CT molecular complexity index is 1000. The number of carboxylic acid groups (broad SMARTS) is 1. The van der Waals surface area contributed by atoms with Crippen LogP contribution >= 0.6 is 0 Å². The summed E-state index contributed by atoms with van der Waals surface area (Å²) in [4.78, 5) is 27.0. The van der Waals surface area contributed by atoms with Crippen LogP contribution in [-0.2, 0) is 11.2 Å². The first kappa shape index (κ1) is 20.9. The van der Waals surface area contributed by atoms with Crippen LogP contribution in [0.1, 0.15) is 81.3 Å². The zero-order valence-corrected chi connectivity index (χ0v) is 18.7. The number of hydrogen-bond acceptors (Lipinski definition) is 2. The van der Waals surface area contributed by atoms with Crippen molar-refractivity contribution in [3.05, 3.63) is 47.0 Å². The highest BCUT2D eigenvalue weighted by atomic mass is 16.4. The number of rotatable bonds is 4. The molecule has 0 unspecified atom stereocenters. The minimum absolute atomic E-state index is 0.0131. The summed E-state index contributed by atoms with van der Waals surface area (Å²) in [6, 6.07) is 10.1. The van der Waals surface area contributed by atoms with Gasteiger partial charge in [0.05, 0.1) is 5.56 Å². The SMILES string of the molecule is CC(C)N(C(=O)[C@H]1CC[C@H]2c3ccc4cc(C(=O)O)ccc4c3CC[C@]12C)C(C)C. The van der Waals surface area contributed by atoms with Gasteiger partial charge in [-0.25, -0.2) is 4.79 Å². The van der Waals surface area contributed by atoms with E-state index < -0.39 is 5.97 Å². The first-order valence-electron chi connectivity index (χ1n) is 11.3. The van der Waals surface area contributed by atoms with E-state index in [0.717, 1.165) is 31.1 Å². The Morgan fingerprint density at radius 1 is 1.07 bits per heavy atom. The van der Waals surface area contributed by atoms with Crippen molar-refractivity contribution in [2.24, 2.45) is 11.3 Å². The summed E-state index contributed by atoms with van der Waals surface area (Å²) in [6.45, 7) is 10.8. The van der Waals surface area contributed by atoms with E-state index in [-0.39, 0.29) is 23.4 Å². The van der Waals surface area contributed by atoms with Gasteiger partial charge in [0.15, 0.2) is 0 Å². The molecule has 1 amide bonds. The third kappa shape index (κ3) is 3.12. The normalized spacial score (nSPS) is 25.4. The highest BCUT2D eigenvalue weighted by Gasteiger charge is 2.53. The summed E-state index contributed by atoms with van der Waals surface area (Å²) in [7, 11) is 0. The number of nitrogens with zero attached hydrogens (tertiary/aromatic N) is 1. The number of benzene rings is 2. The molecule has 2 aliphatic rings. The molecule has 1 saturated carbocycles. The predicted molar refractivity (Wildman–Crippen MR) is 120 cm³/mol. The topological polar surface area (TPSA) is 57.6 Å². The lowest BCUT2D eigenvalue weighted by Crippen LogP contribution is -2.49. The fraction of sp³-hybridized carbons (Fsp3) is 0.538. The van der Waals surface area contributed by atoms with E-state index in [0.29, 0.717) is 17.4 Å². The maximum Gasteiger partial charge on any atom is 0.335 e. The van der Waals surface area contributed by atoms with E-state index in [9.17, 15) is 14.7 Å². The van der Waals surface area contributed by atoms with Crippen LogP contribution in [0.25, 0.3) is 10.8 Å². The number of carbonyl (C=O) groups is 2. The maximum absolute atomic E-state index is 13.6. The zero-order valence-electron chi connectivity index (χ0n) is 18.7. The molecule has 2 aromatic carbocycles. The van der Waals surface area contributed by atoms with Crippen molar-refractivity contribution in [3.63, 3.8) is 0 Å². The monoisotopic (exact) mass is 407 g/mol. The van der Waals surface area contributed by atoms with Gasteiger partial charge in [-0.1, -0.05) is 25.1 Å². The van der Waals surface area contributed by atoms with Gasteiger partial charge in [0.2, 0.25) is 5.91 Å². The number of carbonyl (C=O) groups excluding carboxylic acids is 1. The van der Waals surface area contributed by atoms with Gasteiger partial charge < -0.3 is 10.0 Å². The van der Waals surface area contributed by atoms with Gasteiger partial charge in [0, 0.05) is 18.0 Å². The molecule has 4 rings (SSSR count). The van der Waals surface area contributed by atoms with Crippen LogP contribution in [0.2, 0.25) is 0 Å². The minimum atomic E-state index is -0.890. The van der Waals surface area contributed by atoms with E-state index in [4.69, 9.17) is 0 Å². The second kappa shape index (κ2) is 7.40. The van der Waals surface area contributed by atoms with Crippen LogP contribution < -0.4 is 0 Å². The minimum Gasteiger partial charge on any atom is -0.478 e. The van der Waals surface area contributed by atoms with Crippen molar-refractivity contribution in [1.29, 1.82) is 0 Å². The molecule has 1 N–H and O–H groups in total. The summed E-state index contributed by atoms with van der Waals surface area (Å²) >= 11 is 0. The van der Waals surface area contributed by atoms with Crippen molar-refractivity contribution in [2.45, 2.75) is 78.3 Å². The summed E-state index contributed by atoms with van der Waals surface area (Å²) in [6.07, 6.45) is 3.94. The van der Waals surface area contributed by atoms with Gasteiger partial charge in [-0.15, -0.1) is 0 Å². The molecule has 160 valence electrons. The third-order valence-corrected chi connectivity index (χ3v) is 7.71. The molecule has 0 saturated heterocycles. The quantitative estimate of drug-likeness (QED) is 0.715. The van der Waals surface area contributed by atoms with E-state index in [1.165, 1.54) is 16.5 Å². The summed E-state index contributed by atoms with van der Waals surface area (Å²) in [5.74, 6) is -0.106. The Morgan fingerprint density at radius 2 is 1.77 bits per heavy atom. The Balaban J connectivity index is 1.72. The zero-order chi connectivity index (χ0) is 21.8. The molecule has 0 radical (unpaired) electrons. The molecule has 0 bridgehead atoms. The highest BCUT2D eigenvalue weighted by molar-refractivity contribution is 5.96. The summed E-state index contributed by atoms with van der Waals surface area (Å²) in [5, 5.41) is 11.5. The number of carboxylic acids is 1. The van der Waals surface area contributed by atoms with E-state index in [2.05, 4.69) is 51.7 Å². The van der Waals surface area contributed by atoms with Crippen molar-refractivity contribution in [2.75, 3.05) is 0 Å². The van der Waals surface area contributed by atoms with E-state index in [1.54, 1.807) is 12.1 Å². The molecule has 2 aromatic rings. The average Bonchev–Trinajstić information content (AvgIpc) is 3.03. The fourth-order valence-corrected chi connectivity index (χ4v) is 6.33. The fourth-order valence-electron chi connectivity index (χ4n) is 6.33. The van der Waals surface area contributed by atoms with Gasteiger partial charge in [-0.05, 0) is 98.7 Å². The molecule has 0 aromatic heterocycles. The van der Waals surface area contributed by atoms with Crippen molar-refractivity contribution in [3.8, 4) is 0 Å². The number of amides is 1. The number of hydrogen-bond donors (Lipinski definition) is 1. The molecule has 30 heavy (non-hydrogen) atoms. The molecule has 4 heteroatoms. The van der Waals surface area contributed by atoms with E-state index >= 15 is 0 Å². The lowest BCUT2D eigenvalue weighted by molar-refractivity contribution is -0.143. The lowest BCUT2D eigenvalue weighted by atomic mass is 9.62. The van der Waals surface area contributed by atoms with Crippen LogP contribution in [-0.4, -0.2) is 34.0 Å². The first-order valence-corrected chi connectivity index (χ1v) is 11.3. The van der Waals surface area contributed by atoms with Crippen LogP contribution in [0, 0.1) is 11.3 Å². The Kier molecular flexibility index (Phi) is 5.16. The molecular formula is C26H33NO3. The second-order valence-electron chi connectivity index (χ2n) is 10.00. The second-order valence-corrected chi connectivity index (χ2v) is 10.00. The van der Waals surface area contributed by atoms with Gasteiger partial charge >= 0.3 is 5.97 Å². The molecule has 0 aliphatic heterocycles. The number of aromatic carboxylic acids is 1.